The van der Waals surface area contributed by atoms with Crippen LogP contribution < -0.4 is 4.74 Å². The summed E-state index contributed by atoms with van der Waals surface area (Å²) in [5, 5.41) is 10.4. The van der Waals surface area contributed by atoms with E-state index in [0.29, 0.717) is 6.42 Å². The summed E-state index contributed by atoms with van der Waals surface area (Å²) < 4.78 is 14.8. The Morgan fingerprint density at radius 2 is 1.95 bits per heavy atom. The largest absolute Gasteiger partial charge is 0.497 e. The van der Waals surface area contributed by atoms with Crippen molar-refractivity contribution in [2.45, 2.75) is 6.42 Å². The van der Waals surface area contributed by atoms with E-state index in [9.17, 15) is 14.9 Å². The number of ether oxygens (including phenoxy) is 2. The lowest BCUT2D eigenvalue weighted by molar-refractivity contribution is -0.402. The highest BCUT2D eigenvalue weighted by Gasteiger charge is 2.18. The molecule has 0 fully saturated rings. The third kappa shape index (κ3) is 3.82. The molecule has 0 bridgehead atoms. The van der Waals surface area contributed by atoms with Gasteiger partial charge in [-0.15, -0.1) is 0 Å². The minimum atomic E-state index is -0.725. The van der Waals surface area contributed by atoms with Crippen LogP contribution in [-0.2, 0) is 11.2 Å². The Hall–Kier alpha value is -2.83. The number of hydrogen-bond acceptors (Lipinski definition) is 6. The van der Waals surface area contributed by atoms with Gasteiger partial charge in [-0.05, 0) is 23.8 Å². The van der Waals surface area contributed by atoms with Gasteiger partial charge in [0.2, 0.25) is 5.76 Å². The highest BCUT2D eigenvalue weighted by Crippen LogP contribution is 2.16. The van der Waals surface area contributed by atoms with E-state index in [1.165, 1.54) is 6.07 Å². The van der Waals surface area contributed by atoms with Crippen LogP contribution in [0.4, 0.5) is 5.88 Å². The fourth-order valence-corrected chi connectivity index (χ4v) is 1.66. The predicted molar refractivity (Wildman–Crippen MR) is 72.3 cm³/mol. The smallest absolute Gasteiger partial charge is 0.433 e. The van der Waals surface area contributed by atoms with Crippen LogP contribution in [0.1, 0.15) is 16.1 Å². The normalized spacial score (nSPS) is 10.1. The summed E-state index contributed by atoms with van der Waals surface area (Å²) in [7, 11) is 1.58. The van der Waals surface area contributed by atoms with Crippen LogP contribution in [0.15, 0.2) is 40.8 Å². The first-order valence-electron chi connectivity index (χ1n) is 6.14. The van der Waals surface area contributed by atoms with Crippen LogP contribution >= 0.6 is 0 Å². The van der Waals surface area contributed by atoms with Crippen molar-refractivity contribution in [3.05, 3.63) is 57.8 Å². The Bertz CT molecular complexity index is 631. The van der Waals surface area contributed by atoms with Crippen LogP contribution in [0, 0.1) is 10.1 Å². The van der Waals surface area contributed by atoms with E-state index in [2.05, 4.69) is 0 Å². The van der Waals surface area contributed by atoms with E-state index in [4.69, 9.17) is 13.9 Å². The average molecular weight is 291 g/mol. The molecule has 7 heteroatoms. The third-order valence-corrected chi connectivity index (χ3v) is 2.76. The average Bonchev–Trinajstić information content (AvgIpc) is 2.98. The van der Waals surface area contributed by atoms with Gasteiger partial charge in [0.05, 0.1) is 19.8 Å². The zero-order chi connectivity index (χ0) is 15.2. The quantitative estimate of drug-likeness (QED) is 0.461. The van der Waals surface area contributed by atoms with Gasteiger partial charge in [-0.3, -0.25) is 10.1 Å². The molecule has 0 radical (unpaired) electrons. The molecule has 0 unspecified atom stereocenters. The van der Waals surface area contributed by atoms with Crippen LogP contribution in [0.2, 0.25) is 0 Å². The zero-order valence-electron chi connectivity index (χ0n) is 11.3. The first-order chi connectivity index (χ1) is 10.1. The van der Waals surface area contributed by atoms with Gasteiger partial charge in [0.25, 0.3) is 0 Å². The second kappa shape index (κ2) is 6.56. The minimum Gasteiger partial charge on any atom is -0.497 e. The Kier molecular flexibility index (Phi) is 4.55. The molecule has 7 nitrogen and oxygen atoms in total. The van der Waals surface area contributed by atoms with Crippen molar-refractivity contribution in [2.24, 2.45) is 0 Å². The van der Waals surface area contributed by atoms with E-state index >= 15 is 0 Å². The van der Waals surface area contributed by atoms with Crippen molar-refractivity contribution >= 4 is 11.9 Å². The number of carbonyl (C=O) groups is 1. The van der Waals surface area contributed by atoms with Crippen molar-refractivity contribution < 1.29 is 23.6 Å². The van der Waals surface area contributed by atoms with Gasteiger partial charge < -0.3 is 13.9 Å². The fraction of sp³-hybridized carbons (Fsp3) is 0.214. The fourth-order valence-electron chi connectivity index (χ4n) is 1.66. The summed E-state index contributed by atoms with van der Waals surface area (Å²) in [4.78, 5) is 21.3. The second-order valence-corrected chi connectivity index (χ2v) is 4.13. The Morgan fingerprint density at radius 3 is 2.52 bits per heavy atom. The van der Waals surface area contributed by atoms with Gasteiger partial charge in [0, 0.05) is 6.42 Å². The molecule has 0 N–H and O–H groups in total. The number of esters is 1. The molecule has 21 heavy (non-hydrogen) atoms. The highest BCUT2D eigenvalue weighted by atomic mass is 16.7. The number of methoxy groups -OCH3 is 1. The number of rotatable bonds is 6. The SMILES string of the molecule is COc1ccc(CCOC(=O)c2ccc([N+](=O)[O-])o2)cc1. The van der Waals surface area contributed by atoms with Gasteiger partial charge in [-0.2, -0.15) is 0 Å². The lowest BCUT2D eigenvalue weighted by Crippen LogP contribution is -2.07. The first-order valence-corrected chi connectivity index (χ1v) is 6.14. The van der Waals surface area contributed by atoms with E-state index in [0.717, 1.165) is 17.4 Å². The molecule has 0 aliphatic carbocycles. The molecule has 2 aromatic rings. The molecular weight excluding hydrogens is 278 g/mol. The number of benzene rings is 1. The van der Waals surface area contributed by atoms with Gasteiger partial charge in [0.15, 0.2) is 0 Å². The highest BCUT2D eigenvalue weighted by molar-refractivity contribution is 5.86. The molecule has 0 spiro atoms. The summed E-state index contributed by atoms with van der Waals surface area (Å²) in [6.07, 6.45) is 0.526. The summed E-state index contributed by atoms with van der Waals surface area (Å²) in [6, 6.07) is 9.68. The van der Waals surface area contributed by atoms with Crippen LogP contribution in [0.5, 0.6) is 5.75 Å². The molecule has 0 saturated carbocycles. The third-order valence-electron chi connectivity index (χ3n) is 2.76. The molecule has 1 heterocycles. The van der Waals surface area contributed by atoms with Crippen molar-refractivity contribution in [1.82, 2.24) is 0 Å². The topological polar surface area (TPSA) is 91.8 Å². The number of nitro groups is 1. The van der Waals surface area contributed by atoms with Crippen molar-refractivity contribution in [3.8, 4) is 5.75 Å². The summed E-state index contributed by atoms with van der Waals surface area (Å²) in [5.74, 6) is -0.649. The summed E-state index contributed by atoms with van der Waals surface area (Å²) >= 11 is 0. The number of carbonyl (C=O) groups excluding carboxylic acids is 1. The van der Waals surface area contributed by atoms with E-state index < -0.39 is 16.8 Å². The summed E-state index contributed by atoms with van der Waals surface area (Å²) in [5.41, 5.74) is 0.981. The standard InChI is InChI=1S/C14H13NO6/c1-19-11-4-2-10(3-5-11)8-9-20-14(16)12-6-7-13(21-12)15(17)18/h2-7H,8-9H2,1H3. The van der Waals surface area contributed by atoms with Crippen LogP contribution in [0.25, 0.3) is 0 Å². The van der Waals surface area contributed by atoms with Crippen molar-refractivity contribution in [3.63, 3.8) is 0 Å². The van der Waals surface area contributed by atoms with Gasteiger partial charge in [-0.25, -0.2) is 4.79 Å². The van der Waals surface area contributed by atoms with Gasteiger partial charge in [-0.1, -0.05) is 12.1 Å². The molecule has 1 aromatic carbocycles. The number of furan rings is 1. The maximum atomic E-state index is 11.6. The zero-order valence-corrected chi connectivity index (χ0v) is 11.3. The van der Waals surface area contributed by atoms with E-state index in [-0.39, 0.29) is 12.4 Å². The Morgan fingerprint density at radius 1 is 1.24 bits per heavy atom. The minimum absolute atomic E-state index is 0.152. The van der Waals surface area contributed by atoms with Gasteiger partial charge in [0.1, 0.15) is 10.7 Å². The number of nitrogens with zero attached hydrogens (tertiary/aromatic N) is 1. The molecule has 0 amide bonds. The Balaban J connectivity index is 1.84. The van der Waals surface area contributed by atoms with Crippen LogP contribution in [0.3, 0.4) is 0 Å². The van der Waals surface area contributed by atoms with Gasteiger partial charge >= 0.3 is 11.9 Å². The summed E-state index contributed by atoms with van der Waals surface area (Å²) in [6.45, 7) is 0.152. The molecule has 0 saturated heterocycles. The monoisotopic (exact) mass is 291 g/mol. The molecule has 1 aromatic heterocycles. The maximum Gasteiger partial charge on any atom is 0.433 e. The Labute approximate surface area is 120 Å². The lowest BCUT2D eigenvalue weighted by Gasteiger charge is -2.04. The molecule has 0 aliphatic heterocycles. The molecule has 110 valence electrons. The van der Waals surface area contributed by atoms with Crippen molar-refractivity contribution in [1.29, 1.82) is 0 Å². The number of hydrogen-bond donors (Lipinski definition) is 0. The predicted octanol–water partition coefficient (Wildman–Crippen LogP) is 2.60. The van der Waals surface area contributed by atoms with Crippen LogP contribution in [-0.4, -0.2) is 24.6 Å². The second-order valence-electron chi connectivity index (χ2n) is 4.13. The van der Waals surface area contributed by atoms with E-state index in [1.54, 1.807) is 7.11 Å². The van der Waals surface area contributed by atoms with Crippen molar-refractivity contribution in [2.75, 3.05) is 13.7 Å². The molecule has 0 atom stereocenters. The molecule has 0 aliphatic rings. The lowest BCUT2D eigenvalue weighted by atomic mass is 10.1. The molecule has 2 rings (SSSR count). The van der Waals surface area contributed by atoms with E-state index in [1.807, 2.05) is 24.3 Å². The molecular formula is C14H13NO6. The first kappa shape index (κ1) is 14.6. The maximum absolute atomic E-state index is 11.6.